The van der Waals surface area contributed by atoms with E-state index in [1.165, 1.54) is 0 Å². The first-order chi connectivity index (χ1) is 9.74. The number of halogens is 1. The van der Waals surface area contributed by atoms with Crippen molar-refractivity contribution in [2.45, 2.75) is 33.4 Å². The molecule has 1 aromatic heterocycles. The van der Waals surface area contributed by atoms with Crippen LogP contribution in [0.25, 0.3) is 0 Å². The lowest BCUT2D eigenvalue weighted by Gasteiger charge is -2.12. The molecular weight excluding hydrogens is 278 g/mol. The fourth-order valence-corrected chi connectivity index (χ4v) is 1.96. The molecule has 6 heteroatoms. The summed E-state index contributed by atoms with van der Waals surface area (Å²) in [7, 11) is 0. The minimum Gasteiger partial charge on any atom is -0.483 e. The first-order valence-corrected chi connectivity index (χ1v) is 7.04. The number of aryl methyl sites for hydroxylation is 1. The molecular formula is C14H18ClN3O2. The van der Waals surface area contributed by atoms with Crippen molar-refractivity contribution >= 4 is 11.6 Å². The average Bonchev–Trinajstić information content (AvgIpc) is 2.92. The minimum absolute atomic E-state index is 0.243. The second kappa shape index (κ2) is 7.26. The SMILES string of the molecule is CCNCc1c(Cl)cccc1OCc1nc(CC)no1. The monoisotopic (exact) mass is 295 g/mol. The molecule has 0 aliphatic heterocycles. The molecule has 2 rings (SSSR count). The molecule has 0 radical (unpaired) electrons. The quantitative estimate of drug-likeness (QED) is 0.851. The van der Waals surface area contributed by atoms with Gasteiger partial charge in [0.1, 0.15) is 5.75 Å². The van der Waals surface area contributed by atoms with Gasteiger partial charge in [0.2, 0.25) is 0 Å². The van der Waals surface area contributed by atoms with E-state index in [1.54, 1.807) is 0 Å². The van der Waals surface area contributed by atoms with Gasteiger partial charge in [-0.25, -0.2) is 0 Å². The van der Waals surface area contributed by atoms with Crippen LogP contribution in [0.1, 0.15) is 31.1 Å². The largest absolute Gasteiger partial charge is 0.483 e. The Morgan fingerprint density at radius 3 is 2.90 bits per heavy atom. The lowest BCUT2D eigenvalue weighted by molar-refractivity contribution is 0.240. The van der Waals surface area contributed by atoms with Crippen molar-refractivity contribution in [3.05, 3.63) is 40.5 Å². The van der Waals surface area contributed by atoms with Gasteiger partial charge in [-0.1, -0.05) is 36.7 Å². The van der Waals surface area contributed by atoms with Gasteiger partial charge in [-0.3, -0.25) is 0 Å². The van der Waals surface area contributed by atoms with Crippen LogP contribution in [0, 0.1) is 0 Å². The van der Waals surface area contributed by atoms with Gasteiger partial charge < -0.3 is 14.6 Å². The van der Waals surface area contributed by atoms with Gasteiger partial charge in [0, 0.05) is 23.6 Å². The zero-order valence-corrected chi connectivity index (χ0v) is 12.4. The Balaban J connectivity index is 2.06. The molecule has 0 bridgehead atoms. The van der Waals surface area contributed by atoms with E-state index in [0.717, 1.165) is 24.3 Å². The third kappa shape index (κ3) is 3.71. The van der Waals surface area contributed by atoms with Gasteiger partial charge in [0.15, 0.2) is 12.4 Å². The van der Waals surface area contributed by atoms with Crippen LogP contribution in [0.3, 0.4) is 0 Å². The molecule has 1 aromatic carbocycles. The normalized spacial score (nSPS) is 10.8. The molecule has 0 fully saturated rings. The summed E-state index contributed by atoms with van der Waals surface area (Å²) in [4.78, 5) is 4.21. The summed E-state index contributed by atoms with van der Waals surface area (Å²) in [6.45, 7) is 5.79. The maximum Gasteiger partial charge on any atom is 0.264 e. The number of benzene rings is 1. The Morgan fingerprint density at radius 1 is 1.35 bits per heavy atom. The molecule has 5 nitrogen and oxygen atoms in total. The third-order valence-electron chi connectivity index (χ3n) is 2.81. The van der Waals surface area contributed by atoms with Crippen molar-refractivity contribution in [2.75, 3.05) is 6.54 Å². The van der Waals surface area contributed by atoms with Gasteiger partial charge in [-0.15, -0.1) is 0 Å². The lowest BCUT2D eigenvalue weighted by atomic mass is 10.2. The molecule has 0 amide bonds. The standard InChI is InChI=1S/C14H18ClN3O2/c1-3-13-17-14(20-18-13)9-19-12-7-5-6-11(15)10(12)8-16-4-2/h5-7,16H,3-4,8-9H2,1-2H3. The third-order valence-corrected chi connectivity index (χ3v) is 3.16. The van der Waals surface area contributed by atoms with Crippen LogP contribution in [-0.4, -0.2) is 16.7 Å². The van der Waals surface area contributed by atoms with E-state index >= 15 is 0 Å². The Kier molecular flexibility index (Phi) is 5.38. The molecule has 0 saturated carbocycles. The van der Waals surface area contributed by atoms with Crippen molar-refractivity contribution < 1.29 is 9.26 Å². The second-order valence-electron chi connectivity index (χ2n) is 4.24. The van der Waals surface area contributed by atoms with Gasteiger partial charge in [-0.2, -0.15) is 4.98 Å². The van der Waals surface area contributed by atoms with Crippen LogP contribution in [0.15, 0.2) is 22.7 Å². The number of aromatic nitrogens is 2. The number of ether oxygens (including phenoxy) is 1. The Morgan fingerprint density at radius 2 is 2.20 bits per heavy atom. The summed E-state index contributed by atoms with van der Waals surface area (Å²) in [5.74, 6) is 1.88. The highest BCUT2D eigenvalue weighted by Gasteiger charge is 2.10. The van der Waals surface area contributed by atoms with Gasteiger partial charge in [0.25, 0.3) is 5.89 Å². The Hall–Kier alpha value is -1.59. The van der Waals surface area contributed by atoms with Gasteiger partial charge in [0.05, 0.1) is 0 Å². The van der Waals surface area contributed by atoms with E-state index in [0.29, 0.717) is 23.3 Å². The summed E-state index contributed by atoms with van der Waals surface area (Å²) in [6, 6.07) is 5.59. The maximum absolute atomic E-state index is 6.20. The molecule has 2 aromatic rings. The van der Waals surface area contributed by atoms with Crippen LogP contribution in [0.5, 0.6) is 5.75 Å². The van der Waals surface area contributed by atoms with Crippen LogP contribution in [0.4, 0.5) is 0 Å². The zero-order valence-electron chi connectivity index (χ0n) is 11.6. The minimum atomic E-state index is 0.243. The highest BCUT2D eigenvalue weighted by atomic mass is 35.5. The van der Waals surface area contributed by atoms with Crippen molar-refractivity contribution in [2.24, 2.45) is 0 Å². The van der Waals surface area contributed by atoms with Crippen molar-refractivity contribution in [3.8, 4) is 5.75 Å². The number of hydrogen-bond donors (Lipinski definition) is 1. The van der Waals surface area contributed by atoms with Crippen LogP contribution in [0.2, 0.25) is 5.02 Å². The van der Waals surface area contributed by atoms with Crippen molar-refractivity contribution in [3.63, 3.8) is 0 Å². The van der Waals surface area contributed by atoms with Gasteiger partial charge >= 0.3 is 0 Å². The van der Waals surface area contributed by atoms with E-state index < -0.39 is 0 Å². The van der Waals surface area contributed by atoms with Crippen molar-refractivity contribution in [1.29, 1.82) is 0 Å². The topological polar surface area (TPSA) is 60.2 Å². The molecule has 0 aliphatic rings. The number of hydrogen-bond acceptors (Lipinski definition) is 5. The molecule has 0 unspecified atom stereocenters. The predicted octanol–water partition coefficient (Wildman–Crippen LogP) is 2.97. The molecule has 1 heterocycles. The van der Waals surface area contributed by atoms with Crippen molar-refractivity contribution in [1.82, 2.24) is 15.5 Å². The first-order valence-electron chi connectivity index (χ1n) is 6.67. The molecule has 108 valence electrons. The molecule has 0 atom stereocenters. The fraction of sp³-hybridized carbons (Fsp3) is 0.429. The second-order valence-corrected chi connectivity index (χ2v) is 4.65. The van der Waals surface area contributed by atoms with E-state index in [9.17, 15) is 0 Å². The smallest absolute Gasteiger partial charge is 0.264 e. The first kappa shape index (κ1) is 14.8. The maximum atomic E-state index is 6.20. The molecule has 1 N–H and O–H groups in total. The zero-order chi connectivity index (χ0) is 14.4. The van der Waals surface area contributed by atoms with E-state index in [2.05, 4.69) is 15.5 Å². The Labute approximate surface area is 123 Å². The number of nitrogens with zero attached hydrogens (tertiary/aromatic N) is 2. The summed E-state index contributed by atoms with van der Waals surface area (Å²) in [5, 5.41) is 7.76. The molecule has 0 saturated heterocycles. The molecule has 0 spiro atoms. The van der Waals surface area contributed by atoms with E-state index in [4.69, 9.17) is 20.9 Å². The van der Waals surface area contributed by atoms with E-state index in [1.807, 2.05) is 32.0 Å². The fourth-order valence-electron chi connectivity index (χ4n) is 1.73. The average molecular weight is 296 g/mol. The summed E-state index contributed by atoms with van der Waals surface area (Å²) < 4.78 is 10.8. The highest BCUT2D eigenvalue weighted by Crippen LogP contribution is 2.26. The number of nitrogens with one attached hydrogen (secondary N) is 1. The Bertz CT molecular complexity index is 557. The summed E-state index contributed by atoms with van der Waals surface area (Å²) in [5.41, 5.74) is 0.936. The summed E-state index contributed by atoms with van der Waals surface area (Å²) >= 11 is 6.20. The lowest BCUT2D eigenvalue weighted by Crippen LogP contribution is -2.13. The van der Waals surface area contributed by atoms with Crippen LogP contribution >= 0.6 is 11.6 Å². The predicted molar refractivity (Wildman–Crippen MR) is 76.8 cm³/mol. The van der Waals surface area contributed by atoms with Crippen LogP contribution in [-0.2, 0) is 19.6 Å². The van der Waals surface area contributed by atoms with Gasteiger partial charge in [-0.05, 0) is 18.7 Å². The molecule has 20 heavy (non-hydrogen) atoms. The summed E-state index contributed by atoms with van der Waals surface area (Å²) in [6.07, 6.45) is 0.742. The molecule has 0 aliphatic carbocycles. The van der Waals surface area contributed by atoms with Crippen LogP contribution < -0.4 is 10.1 Å². The van der Waals surface area contributed by atoms with E-state index in [-0.39, 0.29) is 6.61 Å². The number of rotatable bonds is 7. The highest BCUT2D eigenvalue weighted by molar-refractivity contribution is 6.31.